The van der Waals surface area contributed by atoms with E-state index in [0.717, 1.165) is 0 Å². The topological polar surface area (TPSA) is 45.1 Å². The van der Waals surface area contributed by atoms with Crippen LogP contribution in [-0.2, 0) is 0 Å². The Morgan fingerprint density at radius 1 is 1.44 bits per heavy atom. The summed E-state index contributed by atoms with van der Waals surface area (Å²) < 4.78 is 36.0. The first-order valence-electron chi connectivity index (χ1n) is 4.80. The lowest BCUT2D eigenvalue weighted by Gasteiger charge is -2.18. The van der Waals surface area contributed by atoms with Gasteiger partial charge in [-0.25, -0.2) is 0 Å². The summed E-state index contributed by atoms with van der Waals surface area (Å²) in [7, 11) is 0. The normalized spacial score (nSPS) is 15.8. The van der Waals surface area contributed by atoms with Crippen LogP contribution in [0.5, 0.6) is 0 Å². The van der Waals surface area contributed by atoms with Gasteiger partial charge in [-0.15, -0.1) is 0 Å². The molecule has 1 aromatic rings. The molecule has 0 aliphatic heterocycles. The average Bonchev–Trinajstić information content (AvgIpc) is 2.25. The molecular formula is C10H13F3N2O. The smallest absolute Gasteiger partial charge is 0.382 e. The van der Waals surface area contributed by atoms with Crippen LogP contribution in [0.15, 0.2) is 24.4 Å². The van der Waals surface area contributed by atoms with Crippen molar-refractivity contribution in [3.05, 3.63) is 30.1 Å². The molecule has 0 radical (unpaired) electrons. The molecule has 0 spiro atoms. The Hall–Kier alpha value is -1.14. The van der Waals surface area contributed by atoms with Gasteiger partial charge in [-0.05, 0) is 19.1 Å². The number of aliphatic hydroxyl groups is 1. The van der Waals surface area contributed by atoms with E-state index in [1.54, 1.807) is 31.3 Å². The first-order chi connectivity index (χ1) is 7.41. The summed E-state index contributed by atoms with van der Waals surface area (Å²) in [5.74, 6) is 0. The average molecular weight is 234 g/mol. The third kappa shape index (κ3) is 3.79. The summed E-state index contributed by atoms with van der Waals surface area (Å²) in [6.07, 6.45) is -5.37. The maximum absolute atomic E-state index is 12.0. The van der Waals surface area contributed by atoms with Gasteiger partial charge in [0.1, 0.15) is 0 Å². The van der Waals surface area contributed by atoms with E-state index in [-0.39, 0.29) is 6.04 Å². The Balaban J connectivity index is 2.45. The monoisotopic (exact) mass is 234 g/mol. The fourth-order valence-electron chi connectivity index (χ4n) is 1.14. The lowest BCUT2D eigenvalue weighted by atomic mass is 10.2. The molecule has 2 unspecified atom stereocenters. The number of halogens is 3. The number of nitrogens with zero attached hydrogens (tertiary/aromatic N) is 1. The van der Waals surface area contributed by atoms with Crippen LogP contribution in [0.3, 0.4) is 0 Å². The maximum atomic E-state index is 12.0. The molecule has 0 aliphatic rings. The van der Waals surface area contributed by atoms with E-state index >= 15 is 0 Å². The van der Waals surface area contributed by atoms with Gasteiger partial charge in [0.15, 0.2) is 6.10 Å². The van der Waals surface area contributed by atoms with Crippen molar-refractivity contribution < 1.29 is 18.3 Å². The SMILES string of the molecule is CC(NCC(O)C(F)(F)F)c1ccccn1. The highest BCUT2D eigenvalue weighted by atomic mass is 19.4. The fourth-order valence-corrected chi connectivity index (χ4v) is 1.14. The Kier molecular flexibility index (Phi) is 4.26. The van der Waals surface area contributed by atoms with Gasteiger partial charge in [-0.2, -0.15) is 13.2 Å². The molecule has 16 heavy (non-hydrogen) atoms. The number of alkyl halides is 3. The van der Waals surface area contributed by atoms with Crippen LogP contribution in [0, 0.1) is 0 Å². The van der Waals surface area contributed by atoms with Gasteiger partial charge in [0.05, 0.1) is 5.69 Å². The van der Waals surface area contributed by atoms with Crippen LogP contribution in [0.4, 0.5) is 13.2 Å². The molecule has 90 valence electrons. The van der Waals surface area contributed by atoms with Gasteiger partial charge >= 0.3 is 6.18 Å². The molecule has 1 heterocycles. The van der Waals surface area contributed by atoms with E-state index in [1.165, 1.54) is 0 Å². The molecule has 0 amide bonds. The van der Waals surface area contributed by atoms with Crippen LogP contribution in [0.2, 0.25) is 0 Å². The summed E-state index contributed by atoms with van der Waals surface area (Å²) in [4.78, 5) is 3.99. The Labute approximate surface area is 91.3 Å². The summed E-state index contributed by atoms with van der Waals surface area (Å²) in [5.41, 5.74) is 0.636. The number of hydrogen-bond acceptors (Lipinski definition) is 3. The second kappa shape index (κ2) is 5.27. The highest BCUT2D eigenvalue weighted by Crippen LogP contribution is 2.20. The van der Waals surface area contributed by atoms with E-state index in [9.17, 15) is 13.2 Å². The molecule has 2 N–H and O–H groups in total. The van der Waals surface area contributed by atoms with Crippen LogP contribution < -0.4 is 5.32 Å². The van der Waals surface area contributed by atoms with Crippen LogP contribution >= 0.6 is 0 Å². The van der Waals surface area contributed by atoms with E-state index < -0.39 is 18.8 Å². The van der Waals surface area contributed by atoms with Crippen molar-refractivity contribution >= 4 is 0 Å². The van der Waals surface area contributed by atoms with Crippen molar-refractivity contribution in [1.29, 1.82) is 0 Å². The highest BCUT2D eigenvalue weighted by molar-refractivity contribution is 5.07. The van der Waals surface area contributed by atoms with E-state index in [1.807, 2.05) is 0 Å². The van der Waals surface area contributed by atoms with Crippen LogP contribution in [-0.4, -0.2) is 28.9 Å². The number of rotatable bonds is 4. The largest absolute Gasteiger partial charge is 0.415 e. The fraction of sp³-hybridized carbons (Fsp3) is 0.500. The van der Waals surface area contributed by atoms with Gasteiger partial charge < -0.3 is 10.4 Å². The zero-order valence-corrected chi connectivity index (χ0v) is 8.70. The van der Waals surface area contributed by atoms with E-state index in [0.29, 0.717) is 5.69 Å². The molecule has 0 saturated heterocycles. The Morgan fingerprint density at radius 3 is 2.62 bits per heavy atom. The van der Waals surface area contributed by atoms with E-state index in [4.69, 9.17) is 5.11 Å². The predicted molar refractivity (Wildman–Crippen MR) is 52.7 cm³/mol. The number of hydrogen-bond donors (Lipinski definition) is 2. The molecule has 0 bridgehead atoms. The van der Waals surface area contributed by atoms with Crippen molar-refractivity contribution in [1.82, 2.24) is 10.3 Å². The molecule has 2 atom stereocenters. The summed E-state index contributed by atoms with van der Waals surface area (Å²) in [6, 6.07) is 4.84. The second-order valence-corrected chi connectivity index (χ2v) is 3.44. The minimum Gasteiger partial charge on any atom is -0.382 e. The molecule has 0 saturated carbocycles. The van der Waals surface area contributed by atoms with Gasteiger partial charge in [-0.1, -0.05) is 6.07 Å². The van der Waals surface area contributed by atoms with Gasteiger partial charge in [0, 0.05) is 18.8 Å². The minimum absolute atomic E-state index is 0.335. The molecule has 1 aromatic heterocycles. The van der Waals surface area contributed by atoms with Gasteiger partial charge in [0.25, 0.3) is 0 Å². The lowest BCUT2D eigenvalue weighted by molar-refractivity contribution is -0.202. The molecule has 1 rings (SSSR count). The summed E-state index contributed by atoms with van der Waals surface area (Å²) in [6.45, 7) is 1.15. The van der Waals surface area contributed by atoms with Crippen LogP contribution in [0.25, 0.3) is 0 Å². The summed E-state index contributed by atoms with van der Waals surface area (Å²) in [5, 5.41) is 11.3. The summed E-state index contributed by atoms with van der Waals surface area (Å²) >= 11 is 0. The highest BCUT2D eigenvalue weighted by Gasteiger charge is 2.37. The number of pyridine rings is 1. The van der Waals surface area contributed by atoms with Crippen molar-refractivity contribution in [3.63, 3.8) is 0 Å². The zero-order chi connectivity index (χ0) is 12.2. The van der Waals surface area contributed by atoms with Gasteiger partial charge in [0.2, 0.25) is 0 Å². The molecule has 0 aromatic carbocycles. The van der Waals surface area contributed by atoms with Crippen molar-refractivity contribution in [2.24, 2.45) is 0 Å². The van der Waals surface area contributed by atoms with Crippen molar-refractivity contribution in [2.45, 2.75) is 25.2 Å². The third-order valence-corrected chi connectivity index (χ3v) is 2.13. The molecule has 3 nitrogen and oxygen atoms in total. The molecule has 0 fully saturated rings. The number of nitrogens with one attached hydrogen (secondary N) is 1. The Morgan fingerprint density at radius 2 is 2.12 bits per heavy atom. The first kappa shape index (κ1) is 12.9. The van der Waals surface area contributed by atoms with Crippen LogP contribution in [0.1, 0.15) is 18.7 Å². The van der Waals surface area contributed by atoms with Crippen molar-refractivity contribution in [3.8, 4) is 0 Å². The third-order valence-electron chi connectivity index (χ3n) is 2.13. The van der Waals surface area contributed by atoms with Gasteiger partial charge in [-0.3, -0.25) is 4.98 Å². The lowest BCUT2D eigenvalue weighted by Crippen LogP contribution is -2.39. The second-order valence-electron chi connectivity index (χ2n) is 3.44. The number of aliphatic hydroxyl groups excluding tert-OH is 1. The standard InChI is InChI=1S/C10H13F3N2O/c1-7(8-4-2-3-5-14-8)15-6-9(16)10(11,12)13/h2-5,7,9,15-16H,6H2,1H3. The predicted octanol–water partition coefficient (Wildman–Crippen LogP) is 1.66. The number of aromatic nitrogens is 1. The minimum atomic E-state index is -4.59. The first-order valence-corrected chi connectivity index (χ1v) is 4.80. The van der Waals surface area contributed by atoms with Crippen molar-refractivity contribution in [2.75, 3.05) is 6.54 Å². The molecule has 6 heteroatoms. The zero-order valence-electron chi connectivity index (χ0n) is 8.70. The Bertz CT molecular complexity index is 316. The maximum Gasteiger partial charge on any atom is 0.415 e. The van der Waals surface area contributed by atoms with E-state index in [2.05, 4.69) is 10.3 Å². The quantitative estimate of drug-likeness (QED) is 0.832. The molecule has 0 aliphatic carbocycles. The molecular weight excluding hydrogens is 221 g/mol.